The summed E-state index contributed by atoms with van der Waals surface area (Å²) in [5.41, 5.74) is 8.80. The van der Waals surface area contributed by atoms with E-state index in [0.29, 0.717) is 6.54 Å². The van der Waals surface area contributed by atoms with Gasteiger partial charge in [0.25, 0.3) is 0 Å². The number of imidazole rings is 1. The van der Waals surface area contributed by atoms with Crippen molar-refractivity contribution in [3.63, 3.8) is 0 Å². The van der Waals surface area contributed by atoms with E-state index in [1.54, 1.807) is 6.20 Å². The van der Waals surface area contributed by atoms with Gasteiger partial charge in [-0.3, -0.25) is 4.98 Å². The third-order valence-corrected chi connectivity index (χ3v) is 3.20. The maximum absolute atomic E-state index is 5.72. The van der Waals surface area contributed by atoms with E-state index in [4.69, 9.17) is 5.73 Å². The third-order valence-electron chi connectivity index (χ3n) is 3.20. The number of hydrogen-bond donors (Lipinski definition) is 2. The maximum atomic E-state index is 5.72. The van der Waals surface area contributed by atoms with Crippen LogP contribution in [0.1, 0.15) is 12.1 Å². The van der Waals surface area contributed by atoms with Crippen LogP contribution in [-0.4, -0.2) is 27.6 Å². The number of pyridine rings is 1. The molecule has 0 saturated heterocycles. The zero-order chi connectivity index (χ0) is 12.4. The molecule has 0 spiro atoms. The fourth-order valence-corrected chi connectivity index (χ4v) is 2.40. The second kappa shape index (κ2) is 4.78. The topological polar surface area (TPSA) is 68.8 Å². The van der Waals surface area contributed by atoms with Crippen molar-refractivity contribution in [2.24, 2.45) is 5.73 Å². The van der Waals surface area contributed by atoms with Crippen molar-refractivity contribution >= 4 is 5.95 Å². The predicted molar refractivity (Wildman–Crippen MR) is 71.3 cm³/mol. The van der Waals surface area contributed by atoms with Gasteiger partial charge in [0.2, 0.25) is 5.95 Å². The average Bonchev–Trinajstić information content (AvgIpc) is 2.80. The van der Waals surface area contributed by atoms with Gasteiger partial charge in [-0.25, -0.2) is 4.98 Å². The number of fused-ring (bicyclic) bond motifs is 1. The van der Waals surface area contributed by atoms with Crippen LogP contribution < -0.4 is 11.1 Å². The van der Waals surface area contributed by atoms with Gasteiger partial charge in [-0.15, -0.1) is 0 Å². The monoisotopic (exact) mass is 243 g/mol. The molecule has 3 heterocycles. The molecule has 0 saturated carbocycles. The Bertz CT molecular complexity index is 532. The first-order chi connectivity index (χ1) is 8.90. The Kier molecular flexibility index (Phi) is 2.98. The highest BCUT2D eigenvalue weighted by molar-refractivity contribution is 5.61. The fraction of sp³-hybridized carbons (Fsp3) is 0.385. The van der Waals surface area contributed by atoms with E-state index in [1.807, 2.05) is 18.2 Å². The molecule has 18 heavy (non-hydrogen) atoms. The van der Waals surface area contributed by atoms with Gasteiger partial charge in [0.15, 0.2) is 0 Å². The van der Waals surface area contributed by atoms with Gasteiger partial charge < -0.3 is 15.6 Å². The van der Waals surface area contributed by atoms with Gasteiger partial charge in [0.05, 0.1) is 11.4 Å². The van der Waals surface area contributed by atoms with E-state index in [9.17, 15) is 0 Å². The largest absolute Gasteiger partial charge is 0.356 e. The molecule has 2 aromatic heterocycles. The molecule has 0 aliphatic carbocycles. The van der Waals surface area contributed by atoms with E-state index in [0.717, 1.165) is 43.3 Å². The molecular weight excluding hydrogens is 226 g/mol. The van der Waals surface area contributed by atoms with Gasteiger partial charge in [-0.2, -0.15) is 0 Å². The number of nitrogens with two attached hydrogens (primary N) is 1. The zero-order valence-electron chi connectivity index (χ0n) is 10.3. The predicted octanol–water partition coefficient (Wildman–Crippen LogP) is 1.26. The summed E-state index contributed by atoms with van der Waals surface area (Å²) in [5, 5.41) is 3.33. The van der Waals surface area contributed by atoms with Gasteiger partial charge >= 0.3 is 0 Å². The van der Waals surface area contributed by atoms with E-state index in [-0.39, 0.29) is 0 Å². The maximum Gasteiger partial charge on any atom is 0.203 e. The van der Waals surface area contributed by atoms with Crippen LogP contribution in [0.3, 0.4) is 0 Å². The van der Waals surface area contributed by atoms with Crippen LogP contribution in [0.5, 0.6) is 0 Å². The summed E-state index contributed by atoms with van der Waals surface area (Å²) in [6.45, 7) is 2.63. The quantitative estimate of drug-likeness (QED) is 0.851. The van der Waals surface area contributed by atoms with Crippen molar-refractivity contribution < 1.29 is 0 Å². The first-order valence-corrected chi connectivity index (χ1v) is 6.35. The first-order valence-electron chi connectivity index (χ1n) is 6.35. The van der Waals surface area contributed by atoms with E-state index >= 15 is 0 Å². The Labute approximate surface area is 106 Å². The molecule has 1 aliphatic heterocycles. The van der Waals surface area contributed by atoms with Gasteiger partial charge in [-0.1, -0.05) is 6.07 Å². The summed E-state index contributed by atoms with van der Waals surface area (Å²) in [6, 6.07) is 5.90. The lowest BCUT2D eigenvalue weighted by Gasteiger charge is -2.17. The van der Waals surface area contributed by atoms with Crippen molar-refractivity contribution in [1.82, 2.24) is 14.5 Å². The molecule has 0 amide bonds. The molecular formula is C13H17N5. The number of rotatable bonds is 3. The van der Waals surface area contributed by atoms with E-state index in [2.05, 4.69) is 19.9 Å². The summed E-state index contributed by atoms with van der Waals surface area (Å²) in [5.74, 6) is 0.949. The SMILES string of the molecule is NCCc1c(-c2ccccn2)nc2n1CCCN2. The van der Waals surface area contributed by atoms with Crippen LogP contribution in [0.2, 0.25) is 0 Å². The van der Waals surface area contributed by atoms with Crippen LogP contribution in [0.25, 0.3) is 11.4 Å². The highest BCUT2D eigenvalue weighted by atomic mass is 15.2. The van der Waals surface area contributed by atoms with Crippen LogP contribution in [-0.2, 0) is 13.0 Å². The summed E-state index contributed by atoms with van der Waals surface area (Å²) in [6.07, 6.45) is 3.76. The van der Waals surface area contributed by atoms with Crippen LogP contribution in [0.15, 0.2) is 24.4 Å². The van der Waals surface area contributed by atoms with Crippen molar-refractivity contribution in [3.8, 4) is 11.4 Å². The Balaban J connectivity index is 2.11. The highest BCUT2D eigenvalue weighted by Gasteiger charge is 2.20. The normalized spacial score (nSPS) is 14.1. The minimum atomic E-state index is 0.630. The van der Waals surface area contributed by atoms with Crippen LogP contribution in [0, 0.1) is 0 Å². The van der Waals surface area contributed by atoms with E-state index in [1.165, 1.54) is 5.69 Å². The number of nitrogens with one attached hydrogen (secondary N) is 1. The van der Waals surface area contributed by atoms with Gasteiger partial charge in [0.1, 0.15) is 5.69 Å². The number of hydrogen-bond acceptors (Lipinski definition) is 4. The minimum absolute atomic E-state index is 0.630. The van der Waals surface area contributed by atoms with E-state index < -0.39 is 0 Å². The average molecular weight is 243 g/mol. The summed E-state index contributed by atoms with van der Waals surface area (Å²) in [4.78, 5) is 9.06. The number of anilines is 1. The summed E-state index contributed by atoms with van der Waals surface area (Å²) < 4.78 is 2.24. The Hall–Kier alpha value is -1.88. The standard InChI is InChI=1S/C13H17N5/c14-6-5-11-12(10-4-1-2-7-15-10)17-13-16-8-3-9-18(11)13/h1-2,4,7H,3,5-6,8-9,14H2,(H,16,17). The molecule has 94 valence electrons. The molecule has 0 unspecified atom stereocenters. The molecule has 0 atom stereocenters. The number of nitrogens with zero attached hydrogens (tertiary/aromatic N) is 3. The number of aromatic nitrogens is 3. The van der Waals surface area contributed by atoms with Crippen LogP contribution >= 0.6 is 0 Å². The molecule has 3 rings (SSSR count). The van der Waals surface area contributed by atoms with Crippen molar-refractivity contribution in [1.29, 1.82) is 0 Å². The van der Waals surface area contributed by atoms with Crippen LogP contribution in [0.4, 0.5) is 5.95 Å². The molecule has 5 nitrogen and oxygen atoms in total. The Morgan fingerprint density at radius 2 is 2.33 bits per heavy atom. The Morgan fingerprint density at radius 3 is 3.11 bits per heavy atom. The fourth-order valence-electron chi connectivity index (χ4n) is 2.40. The molecule has 0 radical (unpaired) electrons. The molecule has 0 fully saturated rings. The second-order valence-corrected chi connectivity index (χ2v) is 4.42. The zero-order valence-corrected chi connectivity index (χ0v) is 10.3. The smallest absolute Gasteiger partial charge is 0.203 e. The van der Waals surface area contributed by atoms with Gasteiger partial charge in [-0.05, 0) is 25.1 Å². The third kappa shape index (κ3) is 1.86. The second-order valence-electron chi connectivity index (χ2n) is 4.42. The molecule has 3 N–H and O–H groups in total. The lowest BCUT2D eigenvalue weighted by molar-refractivity contribution is 0.603. The Morgan fingerprint density at radius 1 is 1.39 bits per heavy atom. The molecule has 1 aliphatic rings. The van der Waals surface area contributed by atoms with Crippen molar-refractivity contribution in [2.45, 2.75) is 19.4 Å². The highest BCUT2D eigenvalue weighted by Crippen LogP contribution is 2.27. The molecule has 5 heteroatoms. The van der Waals surface area contributed by atoms with Gasteiger partial charge in [0, 0.05) is 25.7 Å². The first kappa shape index (κ1) is 11.2. The molecule has 0 bridgehead atoms. The lowest BCUT2D eigenvalue weighted by atomic mass is 10.2. The summed E-state index contributed by atoms with van der Waals surface area (Å²) in [7, 11) is 0. The summed E-state index contributed by atoms with van der Waals surface area (Å²) >= 11 is 0. The lowest BCUT2D eigenvalue weighted by Crippen LogP contribution is -2.19. The molecule has 0 aromatic carbocycles. The molecule has 2 aromatic rings. The van der Waals surface area contributed by atoms with Crippen molar-refractivity contribution in [3.05, 3.63) is 30.1 Å². The van der Waals surface area contributed by atoms with Crippen molar-refractivity contribution in [2.75, 3.05) is 18.4 Å². The minimum Gasteiger partial charge on any atom is -0.356 e.